The topological polar surface area (TPSA) is 38.4 Å². The van der Waals surface area contributed by atoms with Gasteiger partial charge in [0.15, 0.2) is 0 Å². The van der Waals surface area contributed by atoms with Gasteiger partial charge < -0.3 is 5.73 Å². The van der Waals surface area contributed by atoms with Crippen LogP contribution in [0.15, 0.2) is 28.1 Å². The van der Waals surface area contributed by atoms with E-state index >= 15 is 0 Å². The molecule has 0 fully saturated rings. The Bertz CT molecular complexity index is 426. The average Bonchev–Trinajstić information content (AvgIpc) is 2.15. The first kappa shape index (κ1) is 10.4. The quantitative estimate of drug-likeness (QED) is 0.747. The van der Waals surface area contributed by atoms with Crippen molar-refractivity contribution in [2.75, 3.05) is 5.75 Å². The third-order valence-electron chi connectivity index (χ3n) is 1.93. The maximum Gasteiger partial charge on any atom is 0.417 e. The predicted molar refractivity (Wildman–Crippen MR) is 53.5 cm³/mol. The lowest BCUT2D eigenvalue weighted by Gasteiger charge is -2.17. The average molecular weight is 232 g/mol. The summed E-state index contributed by atoms with van der Waals surface area (Å²) >= 11 is 1.07. The highest BCUT2D eigenvalue weighted by Crippen LogP contribution is 2.43. The van der Waals surface area contributed by atoms with E-state index in [2.05, 4.69) is 4.99 Å². The molecule has 1 aliphatic heterocycles. The van der Waals surface area contributed by atoms with Crippen LogP contribution in [0.3, 0.4) is 0 Å². The van der Waals surface area contributed by atoms with Crippen LogP contribution in [0.4, 0.5) is 18.9 Å². The van der Waals surface area contributed by atoms with Crippen molar-refractivity contribution >= 4 is 23.3 Å². The van der Waals surface area contributed by atoms with Gasteiger partial charge in [0.25, 0.3) is 0 Å². The van der Waals surface area contributed by atoms with Crippen molar-refractivity contribution in [3.8, 4) is 0 Å². The van der Waals surface area contributed by atoms with Gasteiger partial charge in [-0.05, 0) is 12.1 Å². The zero-order valence-corrected chi connectivity index (χ0v) is 8.32. The summed E-state index contributed by atoms with van der Waals surface area (Å²) in [6, 6.07) is 3.93. The van der Waals surface area contributed by atoms with E-state index < -0.39 is 11.7 Å². The maximum atomic E-state index is 12.6. The molecule has 6 heteroatoms. The van der Waals surface area contributed by atoms with E-state index in [4.69, 9.17) is 5.73 Å². The van der Waals surface area contributed by atoms with Crippen LogP contribution >= 0.6 is 11.8 Å². The van der Waals surface area contributed by atoms with Crippen LogP contribution in [0.1, 0.15) is 5.56 Å². The van der Waals surface area contributed by atoms with Gasteiger partial charge in [0.1, 0.15) is 5.84 Å². The number of nitrogens with zero attached hydrogens (tertiary/aromatic N) is 1. The summed E-state index contributed by atoms with van der Waals surface area (Å²) in [5.74, 6) is 0.659. The van der Waals surface area contributed by atoms with Crippen LogP contribution in [0.2, 0.25) is 0 Å². The number of benzene rings is 1. The molecule has 0 atom stereocenters. The Morgan fingerprint density at radius 3 is 2.73 bits per heavy atom. The van der Waals surface area contributed by atoms with Crippen LogP contribution in [0, 0.1) is 0 Å². The number of rotatable bonds is 0. The lowest BCUT2D eigenvalue weighted by Crippen LogP contribution is -2.18. The predicted octanol–water partition coefficient (Wildman–Crippen LogP) is 2.80. The molecule has 80 valence electrons. The number of alkyl halides is 3. The summed E-state index contributed by atoms with van der Waals surface area (Å²) in [5.41, 5.74) is 5.12. The Morgan fingerprint density at radius 1 is 1.33 bits per heavy atom. The van der Waals surface area contributed by atoms with E-state index in [1.807, 2.05) is 0 Å². The summed E-state index contributed by atoms with van der Waals surface area (Å²) in [4.78, 5) is 4.06. The Labute approximate surface area is 88.4 Å². The van der Waals surface area contributed by atoms with Crippen LogP contribution in [0.5, 0.6) is 0 Å². The second-order valence-electron chi connectivity index (χ2n) is 3.04. The minimum absolute atomic E-state index is 0.166. The second kappa shape index (κ2) is 3.44. The molecule has 1 aromatic carbocycles. The summed E-state index contributed by atoms with van der Waals surface area (Å²) in [6.07, 6.45) is -4.33. The first-order chi connectivity index (χ1) is 6.98. The monoisotopic (exact) mass is 232 g/mol. The van der Waals surface area contributed by atoms with E-state index in [0.717, 1.165) is 17.8 Å². The van der Waals surface area contributed by atoms with Gasteiger partial charge in [-0.1, -0.05) is 6.07 Å². The van der Waals surface area contributed by atoms with Gasteiger partial charge in [-0.25, -0.2) is 4.99 Å². The highest BCUT2D eigenvalue weighted by molar-refractivity contribution is 8.00. The van der Waals surface area contributed by atoms with Gasteiger partial charge in [0, 0.05) is 4.90 Å². The van der Waals surface area contributed by atoms with Crippen LogP contribution in [-0.2, 0) is 6.18 Å². The van der Waals surface area contributed by atoms with Gasteiger partial charge in [0.05, 0.1) is 17.0 Å². The number of halogens is 3. The third kappa shape index (κ3) is 1.94. The van der Waals surface area contributed by atoms with E-state index in [-0.39, 0.29) is 4.90 Å². The van der Waals surface area contributed by atoms with Crippen molar-refractivity contribution in [1.82, 2.24) is 0 Å². The van der Waals surface area contributed by atoms with Crippen molar-refractivity contribution in [1.29, 1.82) is 0 Å². The lowest BCUT2D eigenvalue weighted by atomic mass is 10.2. The molecule has 1 heterocycles. The highest BCUT2D eigenvalue weighted by atomic mass is 32.2. The van der Waals surface area contributed by atoms with Crippen molar-refractivity contribution < 1.29 is 13.2 Å². The molecule has 0 saturated heterocycles. The zero-order valence-electron chi connectivity index (χ0n) is 7.51. The normalized spacial score (nSPS) is 15.8. The Balaban J connectivity index is 2.57. The largest absolute Gasteiger partial charge is 0.417 e. The number of aliphatic imine (C=N–C) groups is 1. The fourth-order valence-electron chi connectivity index (χ4n) is 1.32. The molecule has 0 unspecified atom stereocenters. The van der Waals surface area contributed by atoms with Gasteiger partial charge in [-0.2, -0.15) is 13.2 Å². The lowest BCUT2D eigenvalue weighted by molar-refractivity contribution is -0.139. The molecule has 1 aromatic rings. The number of thioether (sulfide) groups is 1. The van der Waals surface area contributed by atoms with Crippen molar-refractivity contribution in [3.05, 3.63) is 23.8 Å². The zero-order chi connectivity index (χ0) is 11.1. The standard InChI is InChI=1S/C9H7F3N2S/c10-9(11,12)5-2-1-3-6-8(5)15-4-7(13)14-6/h1-3H,4H2,(H2,13,14). The molecule has 0 saturated carbocycles. The van der Waals surface area contributed by atoms with E-state index in [9.17, 15) is 13.2 Å². The molecule has 0 radical (unpaired) electrons. The van der Waals surface area contributed by atoms with Crippen LogP contribution in [0.25, 0.3) is 0 Å². The Kier molecular flexibility index (Phi) is 2.38. The Hall–Kier alpha value is -1.17. The van der Waals surface area contributed by atoms with Crippen LogP contribution in [-0.4, -0.2) is 11.6 Å². The van der Waals surface area contributed by atoms with E-state index in [0.29, 0.717) is 17.3 Å². The molecular weight excluding hydrogens is 225 g/mol. The van der Waals surface area contributed by atoms with Gasteiger partial charge in [0.2, 0.25) is 0 Å². The second-order valence-corrected chi connectivity index (χ2v) is 4.03. The van der Waals surface area contributed by atoms with Crippen molar-refractivity contribution in [2.24, 2.45) is 10.7 Å². The van der Waals surface area contributed by atoms with Crippen molar-refractivity contribution in [3.63, 3.8) is 0 Å². The van der Waals surface area contributed by atoms with E-state index in [1.165, 1.54) is 12.1 Å². The van der Waals surface area contributed by atoms with Crippen molar-refractivity contribution in [2.45, 2.75) is 11.1 Å². The summed E-state index contributed by atoms with van der Waals surface area (Å²) in [7, 11) is 0. The molecular formula is C9H7F3N2S. The molecule has 2 N–H and O–H groups in total. The van der Waals surface area contributed by atoms with E-state index in [1.54, 1.807) is 0 Å². The fraction of sp³-hybridized carbons (Fsp3) is 0.222. The first-order valence-electron chi connectivity index (χ1n) is 4.14. The number of hydrogen-bond acceptors (Lipinski definition) is 3. The molecule has 0 aromatic heterocycles. The molecule has 0 spiro atoms. The Morgan fingerprint density at radius 2 is 2.07 bits per heavy atom. The summed E-state index contributed by atoms with van der Waals surface area (Å²) < 4.78 is 37.7. The number of amidine groups is 1. The van der Waals surface area contributed by atoms with Gasteiger partial charge in [-0.3, -0.25) is 0 Å². The molecule has 15 heavy (non-hydrogen) atoms. The number of fused-ring (bicyclic) bond motifs is 1. The molecule has 2 nitrogen and oxygen atoms in total. The fourth-order valence-corrected chi connectivity index (χ4v) is 2.28. The maximum absolute atomic E-state index is 12.6. The molecule has 0 bridgehead atoms. The van der Waals surface area contributed by atoms with Gasteiger partial charge >= 0.3 is 6.18 Å². The SMILES string of the molecule is NC1=Nc2cccc(C(F)(F)F)c2SC1. The summed E-state index contributed by atoms with van der Waals surface area (Å²) in [6.45, 7) is 0. The van der Waals surface area contributed by atoms with Crippen LogP contribution < -0.4 is 5.73 Å². The molecule has 0 aliphatic carbocycles. The van der Waals surface area contributed by atoms with Gasteiger partial charge in [-0.15, -0.1) is 11.8 Å². The summed E-state index contributed by atoms with van der Waals surface area (Å²) in [5, 5.41) is 0. The smallest absolute Gasteiger partial charge is 0.386 e. The minimum atomic E-state index is -4.33. The number of nitrogens with two attached hydrogens (primary N) is 1. The molecule has 1 aliphatic rings. The minimum Gasteiger partial charge on any atom is -0.386 e. The molecule has 2 rings (SSSR count). The third-order valence-corrected chi connectivity index (χ3v) is 3.09. The first-order valence-corrected chi connectivity index (χ1v) is 5.13. The highest BCUT2D eigenvalue weighted by Gasteiger charge is 2.35. The number of hydrogen-bond donors (Lipinski definition) is 1. The molecule has 0 amide bonds.